The summed E-state index contributed by atoms with van der Waals surface area (Å²) in [6.45, 7) is 9.70. The molecule has 0 unspecified atom stereocenters. The quantitative estimate of drug-likeness (QED) is 0.628. The Morgan fingerprint density at radius 2 is 1.83 bits per heavy atom. The highest BCUT2D eigenvalue weighted by molar-refractivity contribution is 5.94. The Bertz CT molecular complexity index is 1110. The first kappa shape index (κ1) is 27.5. The molecule has 4 rings (SSSR count). The molecule has 8 nitrogen and oxygen atoms in total. The third kappa shape index (κ3) is 6.17. The van der Waals surface area contributed by atoms with Crippen LogP contribution >= 0.6 is 12.4 Å². The van der Waals surface area contributed by atoms with E-state index in [9.17, 15) is 14.4 Å². The maximum absolute atomic E-state index is 12.4. The van der Waals surface area contributed by atoms with Gasteiger partial charge < -0.3 is 25.2 Å². The van der Waals surface area contributed by atoms with Crippen LogP contribution in [0.5, 0.6) is 0 Å². The number of hydrogen-bond donors (Lipinski definition) is 2. The number of carbonyl (C=O) groups is 3. The maximum atomic E-state index is 12.4. The van der Waals surface area contributed by atoms with Crippen molar-refractivity contribution < 1.29 is 19.1 Å². The highest BCUT2D eigenvalue weighted by Gasteiger charge is 2.33. The van der Waals surface area contributed by atoms with E-state index in [-0.39, 0.29) is 42.4 Å². The van der Waals surface area contributed by atoms with Crippen molar-refractivity contribution in [1.29, 1.82) is 0 Å². The molecule has 9 heteroatoms. The van der Waals surface area contributed by atoms with E-state index >= 15 is 0 Å². The van der Waals surface area contributed by atoms with Crippen molar-refractivity contribution in [2.45, 2.75) is 58.8 Å². The molecule has 1 fully saturated rings. The largest absolute Gasteiger partial charge is 0.447 e. The van der Waals surface area contributed by atoms with Crippen LogP contribution in [0, 0.1) is 0 Å². The van der Waals surface area contributed by atoms with E-state index < -0.39 is 6.09 Å². The summed E-state index contributed by atoms with van der Waals surface area (Å²) in [6.07, 6.45) is -0.0804. The summed E-state index contributed by atoms with van der Waals surface area (Å²) in [6, 6.07) is 13.9. The van der Waals surface area contributed by atoms with Gasteiger partial charge in [0.25, 0.3) is 0 Å². The Morgan fingerprint density at radius 1 is 1.14 bits per heavy atom. The minimum absolute atomic E-state index is 0. The van der Waals surface area contributed by atoms with Gasteiger partial charge in [-0.05, 0) is 61.6 Å². The molecule has 0 aromatic heterocycles. The second-order valence-electron chi connectivity index (χ2n) is 9.59. The van der Waals surface area contributed by atoms with E-state index in [1.165, 1.54) is 0 Å². The number of carbonyl (C=O) groups excluding carboxylic acids is 3. The molecule has 0 bridgehead atoms. The van der Waals surface area contributed by atoms with Crippen LogP contribution in [-0.4, -0.2) is 54.6 Å². The van der Waals surface area contributed by atoms with Gasteiger partial charge >= 0.3 is 6.09 Å². The fourth-order valence-electron chi connectivity index (χ4n) is 4.89. The van der Waals surface area contributed by atoms with Gasteiger partial charge in [-0.2, -0.15) is 0 Å². The van der Waals surface area contributed by atoms with Crippen LogP contribution in [0.25, 0.3) is 11.1 Å². The predicted molar refractivity (Wildman–Crippen MR) is 142 cm³/mol. The zero-order chi connectivity index (χ0) is 25.1. The topological polar surface area (TPSA) is 91.0 Å². The average Bonchev–Trinajstić information content (AvgIpc) is 2.80. The van der Waals surface area contributed by atoms with Crippen molar-refractivity contribution in [3.05, 3.63) is 53.6 Å². The van der Waals surface area contributed by atoms with Crippen LogP contribution in [0.4, 0.5) is 10.5 Å². The second-order valence-corrected chi connectivity index (χ2v) is 9.59. The third-order valence-electron chi connectivity index (χ3n) is 6.50. The van der Waals surface area contributed by atoms with Crippen LogP contribution < -0.4 is 15.5 Å². The van der Waals surface area contributed by atoms with Crippen LogP contribution in [-0.2, 0) is 20.9 Å². The number of halogens is 1. The van der Waals surface area contributed by atoms with E-state index in [0.29, 0.717) is 26.1 Å². The standard InChI is InChI=1S/C27H34N4O4.ClH/c1-17(2)35-27(34)29-24-13-18(3)31(19(4)32)25-10-9-22(14-23(24)25)21-7-5-20(6-8-21)16-30-12-11-28-15-26(30)33;/h5-10,14,17-18,24,28H,11-13,15-16H2,1-4H3,(H,29,34);1H/t18-,24+;/m0./s1. The number of hydrogen-bond acceptors (Lipinski definition) is 5. The molecule has 1 saturated heterocycles. The molecule has 2 N–H and O–H groups in total. The van der Waals surface area contributed by atoms with Crippen molar-refractivity contribution in [2.24, 2.45) is 0 Å². The van der Waals surface area contributed by atoms with Gasteiger partial charge in [0.05, 0.1) is 18.7 Å². The number of nitrogens with one attached hydrogen (secondary N) is 2. The van der Waals surface area contributed by atoms with Gasteiger partial charge in [-0.15, -0.1) is 12.4 Å². The highest BCUT2D eigenvalue weighted by atomic mass is 35.5. The van der Waals surface area contributed by atoms with Crippen molar-refractivity contribution in [3.8, 4) is 11.1 Å². The van der Waals surface area contributed by atoms with Crippen LogP contribution in [0.3, 0.4) is 0 Å². The first-order valence-electron chi connectivity index (χ1n) is 12.2. The molecule has 2 aromatic carbocycles. The number of piperazine rings is 1. The highest BCUT2D eigenvalue weighted by Crippen LogP contribution is 2.39. The van der Waals surface area contributed by atoms with Gasteiger partial charge in [0.15, 0.2) is 0 Å². The molecule has 36 heavy (non-hydrogen) atoms. The Labute approximate surface area is 218 Å². The SMILES string of the molecule is CC(=O)N1c2ccc(-c3ccc(CN4CCNCC4=O)cc3)cc2[C@H](NC(=O)OC(C)C)C[C@@H]1C.Cl. The van der Waals surface area contributed by atoms with Gasteiger partial charge in [-0.1, -0.05) is 30.3 Å². The zero-order valence-electron chi connectivity index (χ0n) is 21.2. The van der Waals surface area contributed by atoms with Gasteiger partial charge in [-0.25, -0.2) is 4.79 Å². The Morgan fingerprint density at radius 3 is 2.47 bits per heavy atom. The smallest absolute Gasteiger partial charge is 0.407 e. The van der Waals surface area contributed by atoms with Gasteiger partial charge in [0, 0.05) is 38.3 Å². The normalized spacial score (nSPS) is 19.4. The molecule has 0 saturated carbocycles. The van der Waals surface area contributed by atoms with E-state index in [1.54, 1.807) is 11.8 Å². The fourth-order valence-corrected chi connectivity index (χ4v) is 4.89. The van der Waals surface area contributed by atoms with Crippen LogP contribution in [0.1, 0.15) is 51.3 Å². The number of amides is 3. The first-order chi connectivity index (χ1) is 16.7. The summed E-state index contributed by atoms with van der Waals surface area (Å²) in [7, 11) is 0. The molecule has 2 aromatic rings. The zero-order valence-corrected chi connectivity index (χ0v) is 22.1. The summed E-state index contributed by atoms with van der Waals surface area (Å²) < 4.78 is 5.31. The molecule has 0 aliphatic carbocycles. The van der Waals surface area contributed by atoms with E-state index in [4.69, 9.17) is 4.74 Å². The molecule has 0 spiro atoms. The van der Waals surface area contributed by atoms with E-state index in [1.807, 2.05) is 68.1 Å². The monoisotopic (exact) mass is 514 g/mol. The number of benzene rings is 2. The van der Waals surface area contributed by atoms with Gasteiger partial charge in [0.1, 0.15) is 0 Å². The molecule has 0 radical (unpaired) electrons. The van der Waals surface area contributed by atoms with Gasteiger partial charge in [-0.3, -0.25) is 9.59 Å². The van der Waals surface area contributed by atoms with Crippen LogP contribution in [0.2, 0.25) is 0 Å². The Balaban J connectivity index is 0.00000361. The Kier molecular flexibility index (Phi) is 8.98. The molecule has 2 aliphatic heterocycles. The molecule has 3 amide bonds. The summed E-state index contributed by atoms with van der Waals surface area (Å²) in [4.78, 5) is 40.5. The number of rotatable bonds is 5. The number of anilines is 1. The molecular weight excluding hydrogens is 480 g/mol. The third-order valence-corrected chi connectivity index (χ3v) is 6.50. The predicted octanol–water partition coefficient (Wildman–Crippen LogP) is 4.03. The summed E-state index contributed by atoms with van der Waals surface area (Å²) >= 11 is 0. The fraction of sp³-hybridized carbons (Fsp3) is 0.444. The molecular formula is C27H35ClN4O4. The lowest BCUT2D eigenvalue weighted by atomic mass is 9.89. The summed E-state index contributed by atoms with van der Waals surface area (Å²) in [5.74, 6) is 0.0929. The van der Waals surface area contributed by atoms with Crippen molar-refractivity contribution in [2.75, 3.05) is 24.5 Å². The van der Waals surface area contributed by atoms with Gasteiger partial charge in [0.2, 0.25) is 11.8 Å². The Hall–Kier alpha value is -3.10. The number of ether oxygens (including phenoxy) is 1. The lowest BCUT2D eigenvalue weighted by molar-refractivity contribution is -0.132. The second kappa shape index (κ2) is 11.8. The summed E-state index contributed by atoms with van der Waals surface area (Å²) in [5.41, 5.74) is 4.81. The minimum atomic E-state index is -0.461. The van der Waals surface area contributed by atoms with Crippen molar-refractivity contribution in [1.82, 2.24) is 15.5 Å². The lowest BCUT2D eigenvalue weighted by Gasteiger charge is -2.39. The molecule has 194 valence electrons. The minimum Gasteiger partial charge on any atom is -0.447 e. The first-order valence-corrected chi connectivity index (χ1v) is 12.2. The number of nitrogens with zero attached hydrogens (tertiary/aromatic N) is 2. The average molecular weight is 515 g/mol. The number of alkyl carbamates (subject to hydrolysis) is 1. The lowest BCUT2D eigenvalue weighted by Crippen LogP contribution is -2.47. The van der Waals surface area contributed by atoms with E-state index in [2.05, 4.69) is 10.6 Å². The summed E-state index contributed by atoms with van der Waals surface area (Å²) in [5, 5.41) is 6.09. The van der Waals surface area contributed by atoms with Crippen molar-refractivity contribution >= 4 is 36.0 Å². The van der Waals surface area contributed by atoms with Crippen molar-refractivity contribution in [3.63, 3.8) is 0 Å². The molecule has 2 atom stereocenters. The maximum Gasteiger partial charge on any atom is 0.407 e. The van der Waals surface area contributed by atoms with E-state index in [0.717, 1.165) is 34.5 Å². The molecule has 2 heterocycles. The number of fused-ring (bicyclic) bond motifs is 1. The van der Waals surface area contributed by atoms with Crippen LogP contribution in [0.15, 0.2) is 42.5 Å². The molecule has 2 aliphatic rings.